The number of Topliss-reactive ketones (excluding diaryl/α,β-unsaturated/α-hetero) is 1. The molecule has 222 valence electrons. The maximum absolute atomic E-state index is 14.1. The molecular formula is C32H30FN3O5S2. The average Bonchev–Trinajstić information content (AvgIpc) is 3.58. The first-order valence-corrected chi connectivity index (χ1v) is 15.4. The number of aliphatic hydroxyl groups excluding tert-OH is 1. The van der Waals surface area contributed by atoms with Crippen molar-refractivity contribution in [3.8, 4) is 11.5 Å². The third-order valence-corrected chi connectivity index (χ3v) is 8.96. The maximum atomic E-state index is 14.1. The molecule has 1 unspecified atom stereocenters. The number of nitrogens with zero attached hydrogens (tertiary/aromatic N) is 3. The molecule has 0 spiro atoms. The van der Waals surface area contributed by atoms with Crippen LogP contribution in [0.5, 0.6) is 11.5 Å². The molecule has 2 heterocycles. The van der Waals surface area contributed by atoms with E-state index in [-0.39, 0.29) is 22.3 Å². The smallest absolute Gasteiger partial charge is 0.301 e. The standard InChI is InChI=1S/C32H30FN3O5S2/c1-19(2)15-16-41-24-9-6-8-21(17-24)27-26(28(37)20-11-13-23(40-3)14-12-20)29(38)30(39)36(27)31-34-35-32(43-31)42-18-22-7-4-5-10-25(22)33/h4-14,17,19,27,37H,15-16,18H2,1-3H3/b28-26+. The van der Waals surface area contributed by atoms with Gasteiger partial charge >= 0.3 is 5.91 Å². The number of hydrogen-bond acceptors (Lipinski definition) is 9. The van der Waals surface area contributed by atoms with Crippen molar-refractivity contribution in [2.75, 3.05) is 18.6 Å². The number of methoxy groups -OCH3 is 1. The Labute approximate surface area is 257 Å². The predicted octanol–water partition coefficient (Wildman–Crippen LogP) is 7.03. The van der Waals surface area contributed by atoms with Crippen LogP contribution in [0.4, 0.5) is 9.52 Å². The summed E-state index contributed by atoms with van der Waals surface area (Å²) in [7, 11) is 1.53. The minimum absolute atomic E-state index is 0.0785. The maximum Gasteiger partial charge on any atom is 0.301 e. The van der Waals surface area contributed by atoms with Crippen LogP contribution >= 0.6 is 23.1 Å². The van der Waals surface area contributed by atoms with Crippen LogP contribution in [0.25, 0.3) is 5.76 Å². The highest BCUT2D eigenvalue weighted by Crippen LogP contribution is 2.44. The second kappa shape index (κ2) is 13.4. The van der Waals surface area contributed by atoms with Crippen LogP contribution < -0.4 is 14.4 Å². The van der Waals surface area contributed by atoms with Gasteiger partial charge in [-0.15, -0.1) is 10.2 Å². The zero-order valence-electron chi connectivity index (χ0n) is 23.8. The lowest BCUT2D eigenvalue weighted by molar-refractivity contribution is -0.132. The number of benzene rings is 3. The zero-order chi connectivity index (χ0) is 30.5. The lowest BCUT2D eigenvalue weighted by Crippen LogP contribution is -2.29. The lowest BCUT2D eigenvalue weighted by atomic mass is 9.95. The lowest BCUT2D eigenvalue weighted by Gasteiger charge is -2.23. The molecule has 0 aliphatic carbocycles. The van der Waals surface area contributed by atoms with Gasteiger partial charge in [0, 0.05) is 11.3 Å². The summed E-state index contributed by atoms with van der Waals surface area (Å²) < 4.78 is 25.8. The minimum Gasteiger partial charge on any atom is -0.507 e. The van der Waals surface area contributed by atoms with E-state index in [1.807, 2.05) is 6.07 Å². The number of aromatic nitrogens is 2. The van der Waals surface area contributed by atoms with Crippen LogP contribution in [0, 0.1) is 11.7 Å². The third-order valence-electron chi connectivity index (χ3n) is 6.86. The summed E-state index contributed by atoms with van der Waals surface area (Å²) >= 11 is 2.39. The number of ketones is 1. The van der Waals surface area contributed by atoms with Crippen molar-refractivity contribution >= 4 is 45.7 Å². The summed E-state index contributed by atoms with van der Waals surface area (Å²) in [5, 5.41) is 20.0. The molecule has 11 heteroatoms. The predicted molar refractivity (Wildman–Crippen MR) is 165 cm³/mol. The van der Waals surface area contributed by atoms with Crippen molar-refractivity contribution in [1.82, 2.24) is 10.2 Å². The zero-order valence-corrected chi connectivity index (χ0v) is 25.5. The highest BCUT2D eigenvalue weighted by molar-refractivity contribution is 8.00. The van der Waals surface area contributed by atoms with Crippen molar-refractivity contribution in [1.29, 1.82) is 0 Å². The number of thioether (sulfide) groups is 1. The Bertz CT molecular complexity index is 1650. The molecule has 4 aromatic rings. The summed E-state index contributed by atoms with van der Waals surface area (Å²) in [5.41, 5.74) is 1.35. The van der Waals surface area contributed by atoms with Gasteiger partial charge in [0.1, 0.15) is 23.1 Å². The second-order valence-corrected chi connectivity index (χ2v) is 12.4. The fourth-order valence-corrected chi connectivity index (χ4v) is 6.40. The van der Waals surface area contributed by atoms with E-state index < -0.39 is 17.7 Å². The van der Waals surface area contributed by atoms with Crippen molar-refractivity contribution < 1.29 is 28.6 Å². The van der Waals surface area contributed by atoms with E-state index in [1.165, 1.54) is 29.8 Å². The number of carbonyl (C=O) groups excluding carboxylic acids is 2. The van der Waals surface area contributed by atoms with E-state index in [1.54, 1.807) is 60.7 Å². The van der Waals surface area contributed by atoms with Crippen LogP contribution in [0.2, 0.25) is 0 Å². The van der Waals surface area contributed by atoms with Crippen molar-refractivity contribution in [3.05, 3.63) is 101 Å². The Hall–Kier alpha value is -4.22. The van der Waals surface area contributed by atoms with Gasteiger partial charge in [-0.2, -0.15) is 0 Å². The Balaban J connectivity index is 1.53. The highest BCUT2D eigenvalue weighted by Gasteiger charge is 2.48. The third kappa shape index (κ3) is 6.73. The van der Waals surface area contributed by atoms with Gasteiger partial charge in [0.15, 0.2) is 4.34 Å². The van der Waals surface area contributed by atoms with Gasteiger partial charge in [0.05, 0.1) is 25.3 Å². The van der Waals surface area contributed by atoms with Crippen LogP contribution in [0.1, 0.15) is 43.0 Å². The molecule has 1 amide bonds. The van der Waals surface area contributed by atoms with Gasteiger partial charge in [0.2, 0.25) is 5.13 Å². The van der Waals surface area contributed by atoms with E-state index in [2.05, 4.69) is 24.0 Å². The number of aliphatic hydroxyl groups is 1. The van der Waals surface area contributed by atoms with E-state index in [0.717, 1.165) is 17.8 Å². The topological polar surface area (TPSA) is 102 Å². The molecule has 3 aromatic carbocycles. The van der Waals surface area contributed by atoms with Crippen molar-refractivity contribution in [3.63, 3.8) is 0 Å². The van der Waals surface area contributed by atoms with Gasteiger partial charge in [0.25, 0.3) is 5.78 Å². The number of hydrogen-bond donors (Lipinski definition) is 1. The molecule has 5 rings (SSSR count). The quantitative estimate of drug-likeness (QED) is 0.0628. The van der Waals surface area contributed by atoms with Crippen LogP contribution in [0.3, 0.4) is 0 Å². The molecule has 0 saturated carbocycles. The van der Waals surface area contributed by atoms with Crippen LogP contribution in [0.15, 0.2) is 82.7 Å². The largest absolute Gasteiger partial charge is 0.507 e. The molecule has 1 aromatic heterocycles. The first kappa shape index (κ1) is 30.2. The molecule has 0 radical (unpaired) electrons. The van der Waals surface area contributed by atoms with E-state index in [9.17, 15) is 19.1 Å². The minimum atomic E-state index is -0.992. The summed E-state index contributed by atoms with van der Waals surface area (Å²) in [4.78, 5) is 28.4. The number of carbonyl (C=O) groups is 2. The van der Waals surface area contributed by atoms with Crippen molar-refractivity contribution in [2.24, 2.45) is 5.92 Å². The number of rotatable bonds is 11. The van der Waals surface area contributed by atoms with E-state index in [0.29, 0.717) is 50.8 Å². The van der Waals surface area contributed by atoms with Gasteiger partial charge in [-0.25, -0.2) is 4.39 Å². The first-order valence-electron chi connectivity index (χ1n) is 13.6. The molecule has 1 N–H and O–H groups in total. The Morgan fingerprint density at radius 1 is 1.05 bits per heavy atom. The van der Waals surface area contributed by atoms with E-state index >= 15 is 0 Å². The summed E-state index contributed by atoms with van der Waals surface area (Å²) in [6.07, 6.45) is 0.859. The number of halogens is 1. The summed E-state index contributed by atoms with van der Waals surface area (Å²) in [5.74, 6) is -0.398. The molecule has 43 heavy (non-hydrogen) atoms. The van der Waals surface area contributed by atoms with Gasteiger partial charge in [-0.1, -0.05) is 67.3 Å². The average molecular weight is 620 g/mol. The molecule has 1 saturated heterocycles. The molecule has 1 atom stereocenters. The monoisotopic (exact) mass is 619 g/mol. The van der Waals surface area contributed by atoms with Gasteiger partial charge < -0.3 is 14.6 Å². The van der Waals surface area contributed by atoms with E-state index in [4.69, 9.17) is 9.47 Å². The summed E-state index contributed by atoms with van der Waals surface area (Å²) in [6.45, 7) is 4.72. The normalized spacial score (nSPS) is 16.2. The molecule has 1 aliphatic rings. The molecular weight excluding hydrogens is 590 g/mol. The Kier molecular flexibility index (Phi) is 9.42. The number of ether oxygens (including phenoxy) is 2. The van der Waals surface area contributed by atoms with Crippen LogP contribution in [-0.2, 0) is 15.3 Å². The van der Waals surface area contributed by atoms with Gasteiger partial charge in [-0.3, -0.25) is 14.5 Å². The number of anilines is 1. The highest BCUT2D eigenvalue weighted by atomic mass is 32.2. The second-order valence-electron chi connectivity index (χ2n) is 10.2. The Morgan fingerprint density at radius 2 is 1.81 bits per heavy atom. The Morgan fingerprint density at radius 3 is 2.53 bits per heavy atom. The van der Waals surface area contributed by atoms with Crippen molar-refractivity contribution in [2.45, 2.75) is 36.4 Å². The molecule has 1 fully saturated rings. The van der Waals surface area contributed by atoms with Gasteiger partial charge in [-0.05, 0) is 65.9 Å². The fourth-order valence-electron chi connectivity index (χ4n) is 4.55. The summed E-state index contributed by atoms with van der Waals surface area (Å²) in [6, 6.07) is 19.2. The first-order chi connectivity index (χ1) is 20.8. The molecule has 0 bridgehead atoms. The molecule has 1 aliphatic heterocycles. The fraction of sp³-hybridized carbons (Fsp3) is 0.250. The number of amides is 1. The molecule has 8 nitrogen and oxygen atoms in total. The SMILES string of the molecule is COc1ccc(/C(O)=C2\C(=O)C(=O)N(c3nnc(SCc4ccccc4F)s3)C2c2cccc(OCCC(C)C)c2)cc1. The van der Waals surface area contributed by atoms with Crippen LogP contribution in [-0.4, -0.2) is 40.7 Å².